The Balaban J connectivity index is 0.00000109. The molecule has 0 aliphatic carbocycles. The predicted octanol–water partition coefficient (Wildman–Crippen LogP) is 2.41. The average molecular weight is 484 g/mol. The number of hydrogen-bond acceptors (Lipinski definition) is 5. The number of carboxylic acids is 2. The summed E-state index contributed by atoms with van der Waals surface area (Å²) in [7, 11) is 0. The van der Waals surface area contributed by atoms with Gasteiger partial charge in [-0.2, -0.15) is 0 Å². The van der Waals surface area contributed by atoms with E-state index < -0.39 is 23.1 Å². The van der Waals surface area contributed by atoms with Gasteiger partial charge in [0.2, 0.25) is 0 Å². The highest BCUT2D eigenvalue weighted by Crippen LogP contribution is 2.08. The molecule has 1 aromatic rings. The number of aliphatic carboxylic acids is 2. The Morgan fingerprint density at radius 3 is 2.03 bits per heavy atom. The standard InChI is InChI=1S/C19H33N3O2S.C4H4O4/c1-5-21(6-2)13-12-20-19(23)22(17(3)4)14-15-25(24)16-18-10-8-7-9-11-18;5-3(6)1-2-4(7)8/h7-11,17H,5-6,12-16H2,1-4H3,(H,20,23);1-2H,(H,5,6)(H,7,8)/b;2-1-. The lowest BCUT2D eigenvalue weighted by Gasteiger charge is -2.28. The normalized spacial score (nSPS) is 11.7. The number of carboxylic acid groups (broad SMARTS) is 2. The van der Waals surface area contributed by atoms with Gasteiger partial charge >= 0.3 is 18.0 Å². The largest absolute Gasteiger partial charge is 0.616 e. The lowest BCUT2D eigenvalue weighted by Crippen LogP contribution is -2.47. The molecule has 1 atom stereocenters. The number of benzene rings is 1. The van der Waals surface area contributed by atoms with Crippen molar-refractivity contribution in [2.75, 3.05) is 38.5 Å². The minimum absolute atomic E-state index is 0.0705. The van der Waals surface area contributed by atoms with Crippen molar-refractivity contribution in [3.05, 3.63) is 48.0 Å². The second-order valence-corrected chi connectivity index (χ2v) is 8.91. The molecule has 0 aromatic heterocycles. The van der Waals surface area contributed by atoms with Crippen molar-refractivity contribution in [2.45, 2.75) is 39.5 Å². The highest BCUT2D eigenvalue weighted by molar-refractivity contribution is 7.90. The topological polar surface area (TPSA) is 133 Å². The van der Waals surface area contributed by atoms with E-state index in [0.717, 1.165) is 25.2 Å². The Morgan fingerprint density at radius 1 is 1.03 bits per heavy atom. The zero-order valence-electron chi connectivity index (χ0n) is 19.9. The number of nitrogens with zero attached hydrogens (tertiary/aromatic N) is 2. The van der Waals surface area contributed by atoms with Crippen LogP contribution in [0.5, 0.6) is 0 Å². The number of carbonyl (C=O) groups excluding carboxylic acids is 1. The molecule has 0 radical (unpaired) electrons. The number of amides is 2. The number of likely N-dealkylation sites (N-methyl/N-ethyl adjacent to an activating group) is 1. The molecule has 1 aromatic carbocycles. The van der Waals surface area contributed by atoms with Gasteiger partial charge in [0, 0.05) is 36.8 Å². The van der Waals surface area contributed by atoms with Crippen molar-refractivity contribution in [1.82, 2.24) is 15.1 Å². The molecule has 33 heavy (non-hydrogen) atoms. The molecule has 0 heterocycles. The van der Waals surface area contributed by atoms with E-state index in [1.165, 1.54) is 0 Å². The highest BCUT2D eigenvalue weighted by atomic mass is 32.2. The first-order valence-electron chi connectivity index (χ1n) is 10.9. The van der Waals surface area contributed by atoms with E-state index in [2.05, 4.69) is 24.1 Å². The Hall–Kier alpha value is -2.56. The van der Waals surface area contributed by atoms with Gasteiger partial charge in [0.15, 0.2) is 0 Å². The first kappa shape index (κ1) is 30.4. The molecular weight excluding hydrogens is 446 g/mol. The summed E-state index contributed by atoms with van der Waals surface area (Å²) in [5.41, 5.74) is 1.07. The fraction of sp³-hybridized carbons (Fsp3) is 0.522. The van der Waals surface area contributed by atoms with E-state index in [0.29, 0.717) is 36.7 Å². The van der Waals surface area contributed by atoms with Crippen LogP contribution in [0, 0.1) is 0 Å². The van der Waals surface area contributed by atoms with Gasteiger partial charge < -0.3 is 29.9 Å². The summed E-state index contributed by atoms with van der Waals surface area (Å²) in [5, 5.41) is 18.6. The van der Waals surface area contributed by atoms with Crippen LogP contribution in [0.25, 0.3) is 0 Å². The van der Waals surface area contributed by atoms with E-state index in [1.54, 1.807) is 4.90 Å². The van der Waals surface area contributed by atoms with Crippen molar-refractivity contribution < 1.29 is 29.1 Å². The van der Waals surface area contributed by atoms with E-state index >= 15 is 0 Å². The zero-order valence-corrected chi connectivity index (χ0v) is 20.7. The smallest absolute Gasteiger partial charge is 0.328 e. The predicted molar refractivity (Wildman–Crippen MR) is 131 cm³/mol. The monoisotopic (exact) mass is 483 g/mol. The minimum Gasteiger partial charge on any atom is -0.616 e. The van der Waals surface area contributed by atoms with Gasteiger partial charge in [-0.15, -0.1) is 0 Å². The summed E-state index contributed by atoms with van der Waals surface area (Å²) in [4.78, 5) is 35.6. The fourth-order valence-electron chi connectivity index (χ4n) is 2.73. The van der Waals surface area contributed by atoms with Crippen molar-refractivity contribution in [1.29, 1.82) is 0 Å². The number of nitrogens with one attached hydrogen (secondary N) is 1. The Morgan fingerprint density at radius 2 is 1.58 bits per heavy atom. The molecule has 10 heteroatoms. The van der Waals surface area contributed by atoms with Crippen LogP contribution < -0.4 is 5.32 Å². The summed E-state index contributed by atoms with van der Waals surface area (Å²) in [5.74, 6) is -1.48. The summed E-state index contributed by atoms with van der Waals surface area (Å²) in [6.45, 7) is 12.2. The first-order valence-corrected chi connectivity index (χ1v) is 12.4. The van der Waals surface area contributed by atoms with Gasteiger partial charge in [-0.1, -0.05) is 44.2 Å². The van der Waals surface area contributed by atoms with Crippen LogP contribution in [0.1, 0.15) is 33.3 Å². The minimum atomic E-state index is -1.26. The molecule has 186 valence electrons. The number of rotatable bonds is 13. The van der Waals surface area contributed by atoms with Crippen LogP contribution >= 0.6 is 0 Å². The molecule has 0 aliphatic rings. The van der Waals surface area contributed by atoms with Crippen molar-refractivity contribution in [2.24, 2.45) is 0 Å². The lowest BCUT2D eigenvalue weighted by molar-refractivity contribution is -0.134. The molecule has 2 amide bonds. The molecular formula is C23H37N3O6S. The number of urea groups is 1. The second kappa shape index (κ2) is 17.9. The third-order valence-electron chi connectivity index (χ3n) is 4.58. The summed E-state index contributed by atoms with van der Waals surface area (Å²) < 4.78 is 12.3. The molecule has 3 N–H and O–H groups in total. The van der Waals surface area contributed by atoms with Gasteiger partial charge in [0.05, 0.1) is 6.54 Å². The molecule has 0 bridgehead atoms. The van der Waals surface area contributed by atoms with Crippen molar-refractivity contribution in [3.8, 4) is 0 Å². The van der Waals surface area contributed by atoms with E-state index in [9.17, 15) is 18.9 Å². The molecule has 9 nitrogen and oxygen atoms in total. The maximum Gasteiger partial charge on any atom is 0.328 e. The maximum atomic E-state index is 12.4. The molecule has 0 aliphatic heterocycles. The Bertz CT molecular complexity index is 710. The van der Waals surface area contributed by atoms with Gasteiger partial charge in [0.25, 0.3) is 0 Å². The Labute approximate surface area is 199 Å². The van der Waals surface area contributed by atoms with Crippen molar-refractivity contribution in [3.63, 3.8) is 0 Å². The maximum absolute atomic E-state index is 12.4. The third-order valence-corrected chi connectivity index (χ3v) is 5.87. The van der Waals surface area contributed by atoms with Crippen LogP contribution in [-0.4, -0.2) is 87.1 Å². The SMILES string of the molecule is CCN(CC)CCNC(=O)N(CC[S+]([O-])Cc1ccccc1)C(C)C.O=C(O)/C=C\C(=O)O. The first-order chi connectivity index (χ1) is 15.6. The average Bonchev–Trinajstić information content (AvgIpc) is 2.76. The molecule has 1 unspecified atom stereocenters. The van der Waals surface area contributed by atoms with Crippen LogP contribution in [0.15, 0.2) is 42.5 Å². The van der Waals surface area contributed by atoms with Crippen molar-refractivity contribution >= 4 is 29.1 Å². The van der Waals surface area contributed by atoms with Gasteiger partial charge in [-0.25, -0.2) is 14.4 Å². The third kappa shape index (κ3) is 15.8. The zero-order chi connectivity index (χ0) is 25.2. The van der Waals surface area contributed by atoms with E-state index in [-0.39, 0.29) is 12.1 Å². The van der Waals surface area contributed by atoms with E-state index in [4.69, 9.17) is 10.2 Å². The number of carbonyl (C=O) groups is 3. The molecule has 1 rings (SSSR count). The number of hydrogen-bond donors (Lipinski definition) is 3. The van der Waals surface area contributed by atoms with Crippen LogP contribution in [0.4, 0.5) is 4.79 Å². The van der Waals surface area contributed by atoms with Gasteiger partial charge in [0.1, 0.15) is 11.5 Å². The lowest BCUT2D eigenvalue weighted by atomic mass is 10.2. The highest BCUT2D eigenvalue weighted by Gasteiger charge is 2.19. The summed E-state index contributed by atoms with van der Waals surface area (Å²) in [6.07, 6.45) is 1.12. The quantitative estimate of drug-likeness (QED) is 0.290. The summed E-state index contributed by atoms with van der Waals surface area (Å²) in [6, 6.07) is 9.85. The molecule has 0 fully saturated rings. The van der Waals surface area contributed by atoms with Gasteiger partial charge in [-0.05, 0) is 38.1 Å². The summed E-state index contributed by atoms with van der Waals surface area (Å²) >= 11 is -0.970. The van der Waals surface area contributed by atoms with Crippen LogP contribution in [-0.2, 0) is 26.5 Å². The van der Waals surface area contributed by atoms with E-state index in [1.807, 2.05) is 44.2 Å². The molecule has 0 spiro atoms. The second-order valence-electron chi connectivity index (χ2n) is 7.33. The van der Waals surface area contributed by atoms with Crippen LogP contribution in [0.3, 0.4) is 0 Å². The molecule has 0 saturated carbocycles. The van der Waals surface area contributed by atoms with Gasteiger partial charge in [-0.3, -0.25) is 0 Å². The fourth-order valence-corrected chi connectivity index (χ4v) is 3.84. The molecule has 0 saturated heterocycles. The Kier molecular flexibility index (Phi) is 16.5. The van der Waals surface area contributed by atoms with Crippen LogP contribution in [0.2, 0.25) is 0 Å².